The maximum absolute atomic E-state index is 12.5. The highest BCUT2D eigenvalue weighted by Crippen LogP contribution is 2.02. The lowest BCUT2D eigenvalue weighted by molar-refractivity contribution is -0.118. The first-order chi connectivity index (χ1) is 6.72. The fourth-order valence-corrected chi connectivity index (χ4v) is 1.14. The highest BCUT2D eigenvalue weighted by molar-refractivity contribution is 6.27. The summed E-state index contributed by atoms with van der Waals surface area (Å²) in [6.07, 6.45) is 0.683. The van der Waals surface area contributed by atoms with Crippen LogP contribution >= 0.6 is 11.6 Å². The smallest absolute Gasteiger partial charge is 0.234 e. The molecule has 1 N–H and O–H groups in total. The summed E-state index contributed by atoms with van der Waals surface area (Å²) in [7, 11) is 0. The summed E-state index contributed by atoms with van der Waals surface area (Å²) in [5.74, 6) is -0.462. The van der Waals surface area contributed by atoms with Crippen LogP contribution in [0, 0.1) is 5.82 Å². The summed E-state index contributed by atoms with van der Waals surface area (Å²) in [4.78, 5) is 10.8. The molecule has 1 rings (SSSR count). The van der Waals surface area contributed by atoms with Crippen LogP contribution in [0.5, 0.6) is 0 Å². The van der Waals surface area contributed by atoms with Gasteiger partial charge in [0.1, 0.15) is 11.7 Å². The molecular weight excluding hydrogens is 205 g/mol. The average molecular weight is 216 g/mol. The van der Waals surface area contributed by atoms with Gasteiger partial charge in [0.2, 0.25) is 5.91 Å². The van der Waals surface area contributed by atoms with Crippen molar-refractivity contribution in [1.29, 1.82) is 0 Å². The molecule has 0 fully saturated rings. The van der Waals surface area contributed by atoms with E-state index in [1.165, 1.54) is 12.1 Å². The van der Waals surface area contributed by atoms with Gasteiger partial charge < -0.3 is 5.32 Å². The van der Waals surface area contributed by atoms with E-state index in [1.54, 1.807) is 12.1 Å². The predicted octanol–water partition coefficient (Wildman–Crippen LogP) is 1.72. The van der Waals surface area contributed by atoms with E-state index in [0.717, 1.165) is 5.56 Å². The summed E-state index contributed by atoms with van der Waals surface area (Å²) >= 11 is 5.29. The van der Waals surface area contributed by atoms with Crippen LogP contribution in [0.15, 0.2) is 24.3 Å². The number of benzene rings is 1. The van der Waals surface area contributed by atoms with E-state index in [-0.39, 0.29) is 17.6 Å². The van der Waals surface area contributed by atoms with Crippen molar-refractivity contribution in [2.24, 2.45) is 0 Å². The van der Waals surface area contributed by atoms with Crippen molar-refractivity contribution in [3.8, 4) is 0 Å². The second-order valence-corrected chi connectivity index (χ2v) is 3.13. The van der Waals surface area contributed by atoms with Gasteiger partial charge >= 0.3 is 0 Å². The third-order valence-electron chi connectivity index (χ3n) is 1.77. The van der Waals surface area contributed by atoms with Crippen molar-refractivity contribution in [3.05, 3.63) is 35.6 Å². The molecule has 0 radical (unpaired) electrons. The van der Waals surface area contributed by atoms with Crippen LogP contribution in [0.2, 0.25) is 0 Å². The number of halogens is 2. The zero-order valence-corrected chi connectivity index (χ0v) is 8.35. The minimum Gasteiger partial charge on any atom is -0.355 e. The number of carbonyl (C=O) groups excluding carboxylic acids is 1. The Morgan fingerprint density at radius 1 is 1.36 bits per heavy atom. The first kappa shape index (κ1) is 11.0. The Balaban J connectivity index is 2.31. The Bertz CT molecular complexity index is 299. The van der Waals surface area contributed by atoms with Gasteiger partial charge in [-0.2, -0.15) is 0 Å². The van der Waals surface area contributed by atoms with E-state index in [0.29, 0.717) is 13.0 Å². The van der Waals surface area contributed by atoms with Gasteiger partial charge in [0.15, 0.2) is 0 Å². The van der Waals surface area contributed by atoms with Gasteiger partial charge in [-0.05, 0) is 24.1 Å². The van der Waals surface area contributed by atoms with Crippen molar-refractivity contribution in [1.82, 2.24) is 5.32 Å². The molecular formula is C10H11ClFNO. The fourth-order valence-electron chi connectivity index (χ4n) is 1.04. The monoisotopic (exact) mass is 215 g/mol. The van der Waals surface area contributed by atoms with Crippen molar-refractivity contribution in [2.75, 3.05) is 12.4 Å². The van der Waals surface area contributed by atoms with Crippen LogP contribution in [0.4, 0.5) is 4.39 Å². The molecule has 0 heterocycles. The topological polar surface area (TPSA) is 29.1 Å². The highest BCUT2D eigenvalue weighted by atomic mass is 35.5. The van der Waals surface area contributed by atoms with E-state index in [4.69, 9.17) is 11.6 Å². The number of amides is 1. The van der Waals surface area contributed by atoms with Gasteiger partial charge in [0.05, 0.1) is 0 Å². The van der Waals surface area contributed by atoms with E-state index >= 15 is 0 Å². The Kier molecular flexibility index (Phi) is 4.40. The van der Waals surface area contributed by atoms with Gasteiger partial charge in [-0.1, -0.05) is 12.1 Å². The molecule has 1 aromatic carbocycles. The zero-order chi connectivity index (χ0) is 10.4. The quantitative estimate of drug-likeness (QED) is 0.762. The number of carbonyl (C=O) groups is 1. The van der Waals surface area contributed by atoms with Crippen LogP contribution < -0.4 is 5.32 Å². The molecule has 0 spiro atoms. The lowest BCUT2D eigenvalue weighted by Crippen LogP contribution is -2.26. The first-order valence-electron chi connectivity index (χ1n) is 4.29. The molecule has 0 bridgehead atoms. The van der Waals surface area contributed by atoms with Gasteiger partial charge in [-0.25, -0.2) is 4.39 Å². The Morgan fingerprint density at radius 2 is 2.00 bits per heavy atom. The average Bonchev–Trinajstić information content (AvgIpc) is 2.21. The summed E-state index contributed by atoms with van der Waals surface area (Å²) in [6, 6.07) is 6.20. The van der Waals surface area contributed by atoms with Gasteiger partial charge in [-0.15, -0.1) is 11.6 Å². The number of hydrogen-bond acceptors (Lipinski definition) is 1. The molecule has 1 amide bonds. The van der Waals surface area contributed by atoms with Crippen molar-refractivity contribution in [2.45, 2.75) is 6.42 Å². The van der Waals surface area contributed by atoms with E-state index in [1.807, 2.05) is 0 Å². The molecule has 76 valence electrons. The molecule has 0 aliphatic carbocycles. The number of alkyl halides is 1. The summed E-state index contributed by atoms with van der Waals surface area (Å²) in [5, 5.41) is 2.63. The third kappa shape index (κ3) is 3.75. The first-order valence-corrected chi connectivity index (χ1v) is 4.83. The number of hydrogen-bond donors (Lipinski definition) is 1. The van der Waals surface area contributed by atoms with Crippen LogP contribution in [0.25, 0.3) is 0 Å². The molecule has 4 heteroatoms. The molecule has 0 aliphatic rings. The van der Waals surface area contributed by atoms with E-state index in [2.05, 4.69) is 5.32 Å². The standard InChI is InChI=1S/C10H11ClFNO/c11-7-10(14)13-6-5-8-1-3-9(12)4-2-8/h1-4H,5-7H2,(H,13,14). The minimum atomic E-state index is -0.251. The molecule has 0 aromatic heterocycles. The SMILES string of the molecule is O=C(CCl)NCCc1ccc(F)cc1. The normalized spacial score (nSPS) is 9.86. The molecule has 2 nitrogen and oxygen atoms in total. The largest absolute Gasteiger partial charge is 0.355 e. The summed E-state index contributed by atoms with van der Waals surface area (Å²) < 4.78 is 12.5. The van der Waals surface area contributed by atoms with Crippen molar-refractivity contribution in [3.63, 3.8) is 0 Å². The van der Waals surface area contributed by atoms with Gasteiger partial charge in [0.25, 0.3) is 0 Å². The Hall–Kier alpha value is -1.09. The predicted molar refractivity (Wildman–Crippen MR) is 53.8 cm³/mol. The molecule has 0 atom stereocenters. The maximum atomic E-state index is 12.5. The van der Waals surface area contributed by atoms with Crippen LogP contribution in [-0.4, -0.2) is 18.3 Å². The lowest BCUT2D eigenvalue weighted by atomic mass is 10.1. The minimum absolute atomic E-state index is 0.0244. The lowest BCUT2D eigenvalue weighted by Gasteiger charge is -2.02. The number of nitrogens with one attached hydrogen (secondary N) is 1. The Morgan fingerprint density at radius 3 is 2.57 bits per heavy atom. The number of rotatable bonds is 4. The van der Waals surface area contributed by atoms with Crippen LogP contribution in [-0.2, 0) is 11.2 Å². The van der Waals surface area contributed by atoms with Crippen LogP contribution in [0.3, 0.4) is 0 Å². The zero-order valence-electron chi connectivity index (χ0n) is 7.59. The molecule has 0 aliphatic heterocycles. The molecule has 14 heavy (non-hydrogen) atoms. The molecule has 1 aromatic rings. The summed E-state index contributed by atoms with van der Waals surface area (Å²) in [6.45, 7) is 0.525. The highest BCUT2D eigenvalue weighted by Gasteiger charge is 1.97. The molecule has 0 unspecified atom stereocenters. The van der Waals surface area contributed by atoms with E-state index < -0.39 is 0 Å². The molecule has 0 saturated heterocycles. The second kappa shape index (κ2) is 5.60. The van der Waals surface area contributed by atoms with Crippen molar-refractivity contribution < 1.29 is 9.18 Å². The van der Waals surface area contributed by atoms with Gasteiger partial charge in [0, 0.05) is 6.54 Å². The van der Waals surface area contributed by atoms with Crippen molar-refractivity contribution >= 4 is 17.5 Å². The molecule has 0 saturated carbocycles. The van der Waals surface area contributed by atoms with Crippen LogP contribution in [0.1, 0.15) is 5.56 Å². The summed E-state index contributed by atoms with van der Waals surface area (Å²) in [5.41, 5.74) is 0.987. The van der Waals surface area contributed by atoms with Gasteiger partial charge in [-0.3, -0.25) is 4.79 Å². The Labute approximate surface area is 87.1 Å². The second-order valence-electron chi connectivity index (χ2n) is 2.86. The van der Waals surface area contributed by atoms with E-state index in [9.17, 15) is 9.18 Å². The third-order valence-corrected chi connectivity index (χ3v) is 2.01. The fraction of sp³-hybridized carbons (Fsp3) is 0.300. The maximum Gasteiger partial charge on any atom is 0.234 e.